The van der Waals surface area contributed by atoms with E-state index < -0.39 is 6.08 Å². The molecule has 1 aliphatic heterocycles. The van der Waals surface area contributed by atoms with Crippen LogP contribution in [-0.4, -0.2) is 18.5 Å². The zero-order valence-corrected chi connectivity index (χ0v) is 5.32. The minimum atomic E-state index is -1.52. The molecule has 0 aromatic carbocycles. The molecule has 3 heteroatoms. The molecule has 0 amide bonds. The summed E-state index contributed by atoms with van der Waals surface area (Å²) in [6.45, 7) is 0.771. The molecule has 0 aliphatic carbocycles. The first kappa shape index (κ1) is 6.52. The van der Waals surface area contributed by atoms with Crippen LogP contribution in [-0.2, 0) is 0 Å². The molecular weight excluding hydrogens is 124 g/mol. The van der Waals surface area contributed by atoms with Gasteiger partial charge in [0, 0.05) is 13.6 Å². The Balaban J connectivity index is 2.70. The van der Waals surface area contributed by atoms with Crippen LogP contribution in [0.2, 0.25) is 0 Å². The Morgan fingerprint density at radius 3 is 2.44 bits per heavy atom. The standard InChI is InChI=1S/C6H9F2N/c1-9-4-2-3-5(9)6(7)8/h2-4H2,1H3. The Labute approximate surface area is 53.0 Å². The smallest absolute Gasteiger partial charge is 0.289 e. The van der Waals surface area contributed by atoms with Crippen molar-refractivity contribution in [3.63, 3.8) is 0 Å². The van der Waals surface area contributed by atoms with E-state index in [-0.39, 0.29) is 5.70 Å². The van der Waals surface area contributed by atoms with Gasteiger partial charge in [0.1, 0.15) is 0 Å². The average molecular weight is 133 g/mol. The maximum Gasteiger partial charge on any atom is 0.289 e. The third kappa shape index (κ3) is 1.20. The first-order chi connectivity index (χ1) is 4.22. The van der Waals surface area contributed by atoms with E-state index in [1.54, 1.807) is 11.9 Å². The highest BCUT2D eigenvalue weighted by Gasteiger charge is 2.17. The molecule has 0 radical (unpaired) electrons. The van der Waals surface area contributed by atoms with Gasteiger partial charge in [0.05, 0.1) is 5.70 Å². The molecule has 1 heterocycles. The second-order valence-electron chi connectivity index (χ2n) is 2.23. The number of rotatable bonds is 0. The Kier molecular flexibility index (Phi) is 1.69. The molecule has 1 rings (SSSR count). The second-order valence-corrected chi connectivity index (χ2v) is 2.23. The van der Waals surface area contributed by atoms with Crippen LogP contribution in [0.3, 0.4) is 0 Å². The number of hydrogen-bond donors (Lipinski definition) is 0. The van der Waals surface area contributed by atoms with Crippen molar-refractivity contribution >= 4 is 0 Å². The number of likely N-dealkylation sites (tertiary alicyclic amines) is 1. The molecule has 9 heavy (non-hydrogen) atoms. The quantitative estimate of drug-likeness (QED) is 0.487. The highest BCUT2D eigenvalue weighted by Crippen LogP contribution is 2.23. The number of hydrogen-bond acceptors (Lipinski definition) is 1. The Hall–Kier alpha value is -0.600. The van der Waals surface area contributed by atoms with Crippen molar-refractivity contribution in [1.82, 2.24) is 4.90 Å². The maximum atomic E-state index is 11.8. The largest absolute Gasteiger partial charge is 0.374 e. The minimum Gasteiger partial charge on any atom is -0.374 e. The monoisotopic (exact) mass is 133 g/mol. The van der Waals surface area contributed by atoms with Gasteiger partial charge < -0.3 is 4.90 Å². The Morgan fingerprint density at radius 2 is 2.22 bits per heavy atom. The Morgan fingerprint density at radius 1 is 1.56 bits per heavy atom. The fourth-order valence-electron chi connectivity index (χ4n) is 1.05. The SMILES string of the molecule is CN1CCCC1=C(F)F. The van der Waals surface area contributed by atoms with E-state index in [0.717, 1.165) is 13.0 Å². The summed E-state index contributed by atoms with van der Waals surface area (Å²) < 4.78 is 23.7. The molecule has 1 nitrogen and oxygen atoms in total. The van der Waals surface area contributed by atoms with Gasteiger partial charge in [0.15, 0.2) is 0 Å². The van der Waals surface area contributed by atoms with Gasteiger partial charge in [-0.1, -0.05) is 0 Å². The summed E-state index contributed by atoms with van der Waals surface area (Å²) >= 11 is 0. The van der Waals surface area contributed by atoms with E-state index in [1.807, 2.05) is 0 Å². The summed E-state index contributed by atoms with van der Waals surface area (Å²) in [7, 11) is 1.70. The molecule has 1 aliphatic rings. The van der Waals surface area contributed by atoms with Gasteiger partial charge in [-0.05, 0) is 12.8 Å². The normalized spacial score (nSPS) is 19.0. The molecule has 0 spiro atoms. The van der Waals surface area contributed by atoms with Gasteiger partial charge in [-0.2, -0.15) is 8.78 Å². The predicted octanol–water partition coefficient (Wildman–Crippen LogP) is 1.82. The maximum absolute atomic E-state index is 11.8. The first-order valence-electron chi connectivity index (χ1n) is 2.97. The summed E-state index contributed by atoms with van der Waals surface area (Å²) in [4.78, 5) is 1.61. The van der Waals surface area contributed by atoms with Gasteiger partial charge >= 0.3 is 0 Å². The fraction of sp³-hybridized carbons (Fsp3) is 0.667. The van der Waals surface area contributed by atoms with E-state index in [1.165, 1.54) is 0 Å². The van der Waals surface area contributed by atoms with Gasteiger partial charge in [-0.15, -0.1) is 0 Å². The predicted molar refractivity (Wildman–Crippen MR) is 31.1 cm³/mol. The van der Waals surface area contributed by atoms with E-state index in [9.17, 15) is 8.78 Å². The topological polar surface area (TPSA) is 3.24 Å². The van der Waals surface area contributed by atoms with Gasteiger partial charge in [-0.25, -0.2) is 0 Å². The van der Waals surface area contributed by atoms with Crippen LogP contribution in [0.15, 0.2) is 11.8 Å². The molecule has 0 N–H and O–H groups in total. The van der Waals surface area contributed by atoms with Gasteiger partial charge in [-0.3, -0.25) is 0 Å². The van der Waals surface area contributed by atoms with Crippen molar-refractivity contribution in [3.05, 3.63) is 11.8 Å². The van der Waals surface area contributed by atoms with E-state index in [4.69, 9.17) is 0 Å². The second kappa shape index (κ2) is 2.33. The number of halogens is 2. The van der Waals surface area contributed by atoms with Crippen LogP contribution < -0.4 is 0 Å². The van der Waals surface area contributed by atoms with E-state index in [2.05, 4.69) is 0 Å². The lowest BCUT2D eigenvalue weighted by atomic mass is 10.3. The summed E-state index contributed by atoms with van der Waals surface area (Å²) in [6, 6.07) is 0. The summed E-state index contributed by atoms with van der Waals surface area (Å²) in [5, 5.41) is 0. The van der Waals surface area contributed by atoms with Crippen LogP contribution >= 0.6 is 0 Å². The molecule has 0 saturated carbocycles. The highest BCUT2D eigenvalue weighted by atomic mass is 19.3. The molecule has 52 valence electrons. The van der Waals surface area contributed by atoms with Crippen molar-refractivity contribution in [2.24, 2.45) is 0 Å². The van der Waals surface area contributed by atoms with Crippen LogP contribution in [0.4, 0.5) is 8.78 Å². The lowest BCUT2D eigenvalue weighted by Gasteiger charge is -2.09. The highest BCUT2D eigenvalue weighted by molar-refractivity contribution is 5.04. The Bertz CT molecular complexity index is 138. The first-order valence-corrected chi connectivity index (χ1v) is 2.97. The minimum absolute atomic E-state index is 0.218. The molecule has 1 saturated heterocycles. The lowest BCUT2D eigenvalue weighted by Crippen LogP contribution is -2.10. The molecule has 0 bridgehead atoms. The van der Waals surface area contributed by atoms with E-state index >= 15 is 0 Å². The van der Waals surface area contributed by atoms with Crippen LogP contribution in [0.5, 0.6) is 0 Å². The lowest BCUT2D eigenvalue weighted by molar-refractivity contribution is 0.365. The zero-order chi connectivity index (χ0) is 6.85. The van der Waals surface area contributed by atoms with Crippen molar-refractivity contribution < 1.29 is 8.78 Å². The third-order valence-electron chi connectivity index (χ3n) is 1.59. The molecule has 0 aromatic heterocycles. The fourth-order valence-corrected chi connectivity index (χ4v) is 1.05. The average Bonchev–Trinajstić information content (AvgIpc) is 2.13. The third-order valence-corrected chi connectivity index (χ3v) is 1.59. The van der Waals surface area contributed by atoms with Crippen molar-refractivity contribution in [1.29, 1.82) is 0 Å². The van der Waals surface area contributed by atoms with Gasteiger partial charge in [0.25, 0.3) is 6.08 Å². The van der Waals surface area contributed by atoms with Crippen LogP contribution in [0, 0.1) is 0 Å². The van der Waals surface area contributed by atoms with Crippen molar-refractivity contribution in [2.45, 2.75) is 12.8 Å². The number of allylic oxidation sites excluding steroid dienone is 1. The molecule has 0 aromatic rings. The van der Waals surface area contributed by atoms with Crippen LogP contribution in [0.1, 0.15) is 12.8 Å². The number of nitrogens with zero attached hydrogens (tertiary/aromatic N) is 1. The summed E-state index contributed by atoms with van der Waals surface area (Å²) in [5.74, 6) is 0. The molecule has 0 unspecified atom stereocenters. The van der Waals surface area contributed by atoms with E-state index in [0.29, 0.717) is 6.42 Å². The van der Waals surface area contributed by atoms with Gasteiger partial charge in [0.2, 0.25) is 0 Å². The van der Waals surface area contributed by atoms with Crippen molar-refractivity contribution in [2.75, 3.05) is 13.6 Å². The van der Waals surface area contributed by atoms with Crippen molar-refractivity contribution in [3.8, 4) is 0 Å². The molecular formula is C6H9F2N. The summed E-state index contributed by atoms with van der Waals surface area (Å²) in [6.07, 6.45) is -0.114. The molecule has 1 fully saturated rings. The zero-order valence-electron chi connectivity index (χ0n) is 5.32. The van der Waals surface area contributed by atoms with Crippen LogP contribution in [0.25, 0.3) is 0 Å². The molecule has 0 atom stereocenters. The summed E-state index contributed by atoms with van der Waals surface area (Å²) in [5.41, 5.74) is 0.218.